The summed E-state index contributed by atoms with van der Waals surface area (Å²) in [6, 6.07) is 26.6. The molecule has 0 aromatic heterocycles. The zero-order valence-electron chi connectivity index (χ0n) is 22.4. The molecule has 6 nitrogen and oxygen atoms in total. The number of anilines is 2. The Morgan fingerprint density at radius 2 is 1.49 bits per heavy atom. The number of allylic oxidation sites excluding steroid dienone is 1. The number of amides is 2. The van der Waals surface area contributed by atoms with Gasteiger partial charge in [0.2, 0.25) is 0 Å². The van der Waals surface area contributed by atoms with E-state index in [-0.39, 0.29) is 22.1 Å². The third-order valence-electron chi connectivity index (χ3n) is 6.08. The largest absolute Gasteiger partial charge is 0.378 e. The van der Waals surface area contributed by atoms with E-state index in [1.54, 1.807) is 48.5 Å². The number of carbonyl (C=O) groups is 3. The molecule has 4 aromatic rings. The summed E-state index contributed by atoms with van der Waals surface area (Å²) >= 11 is 6.01. The van der Waals surface area contributed by atoms with Gasteiger partial charge in [-0.1, -0.05) is 48.0 Å². The molecule has 0 unspecified atom stereocenters. The quantitative estimate of drug-likeness (QED) is 0.171. The molecule has 2 N–H and O–H groups in total. The molecule has 0 radical (unpaired) electrons. The second-order valence-electron chi connectivity index (χ2n) is 9.23. The van der Waals surface area contributed by atoms with Crippen molar-refractivity contribution < 1.29 is 18.8 Å². The zero-order valence-corrected chi connectivity index (χ0v) is 23.2. The summed E-state index contributed by atoms with van der Waals surface area (Å²) in [5, 5.41) is 5.66. The van der Waals surface area contributed by atoms with Gasteiger partial charge in [0.15, 0.2) is 5.78 Å². The van der Waals surface area contributed by atoms with Crippen molar-refractivity contribution >= 4 is 52.7 Å². The molecule has 0 fully saturated rings. The maximum absolute atomic E-state index is 14.0. The van der Waals surface area contributed by atoms with E-state index >= 15 is 0 Å². The van der Waals surface area contributed by atoms with E-state index < -0.39 is 17.6 Å². The fourth-order valence-corrected chi connectivity index (χ4v) is 4.05. The minimum atomic E-state index is -0.542. The molecular weight excluding hydrogens is 541 g/mol. The second kappa shape index (κ2) is 13.4. The minimum absolute atomic E-state index is 0.0429. The van der Waals surface area contributed by atoms with E-state index in [9.17, 15) is 18.8 Å². The number of rotatable bonds is 9. The SMILES string of the molecule is CN(C)c1ccc(/C=C(\NC(=O)c2ccccc2)C(=O)Nc2ccc(C(=O)/C=C/c3c(F)cccc3Cl)cc2)cc1. The van der Waals surface area contributed by atoms with E-state index in [0.29, 0.717) is 16.8 Å². The van der Waals surface area contributed by atoms with Crippen LogP contribution in [0.5, 0.6) is 0 Å². The Morgan fingerprint density at radius 3 is 2.12 bits per heavy atom. The summed E-state index contributed by atoms with van der Waals surface area (Å²) in [7, 11) is 3.86. The number of nitrogens with zero attached hydrogens (tertiary/aromatic N) is 1. The highest BCUT2D eigenvalue weighted by atomic mass is 35.5. The first-order valence-electron chi connectivity index (χ1n) is 12.6. The number of hydrogen-bond acceptors (Lipinski definition) is 4. The van der Waals surface area contributed by atoms with Crippen LogP contribution in [0.4, 0.5) is 15.8 Å². The predicted octanol–water partition coefficient (Wildman–Crippen LogP) is 6.85. The van der Waals surface area contributed by atoms with Gasteiger partial charge < -0.3 is 15.5 Å². The van der Waals surface area contributed by atoms with Crippen LogP contribution in [0.15, 0.2) is 109 Å². The maximum Gasteiger partial charge on any atom is 0.272 e. The Balaban J connectivity index is 1.51. The fraction of sp³-hybridized carbons (Fsp3) is 0.0606. The Hall–Kier alpha value is -5.01. The Morgan fingerprint density at radius 1 is 0.805 bits per heavy atom. The molecule has 8 heteroatoms. The molecule has 0 aliphatic heterocycles. The molecule has 2 amide bonds. The highest BCUT2D eigenvalue weighted by molar-refractivity contribution is 6.32. The van der Waals surface area contributed by atoms with Gasteiger partial charge in [-0.3, -0.25) is 14.4 Å². The van der Waals surface area contributed by atoms with Crippen LogP contribution in [0.3, 0.4) is 0 Å². The first-order valence-corrected chi connectivity index (χ1v) is 13.0. The smallest absolute Gasteiger partial charge is 0.272 e. The zero-order chi connectivity index (χ0) is 29.4. The Bertz CT molecular complexity index is 1590. The summed E-state index contributed by atoms with van der Waals surface area (Å²) in [6.07, 6.45) is 4.15. The van der Waals surface area contributed by atoms with Crippen molar-refractivity contribution in [3.8, 4) is 0 Å². The average Bonchev–Trinajstić information content (AvgIpc) is 2.97. The number of ketones is 1. The summed E-state index contributed by atoms with van der Waals surface area (Å²) in [5.74, 6) is -1.87. The molecule has 4 aromatic carbocycles. The van der Waals surface area contributed by atoms with Crippen LogP contribution < -0.4 is 15.5 Å². The first-order chi connectivity index (χ1) is 19.7. The van der Waals surface area contributed by atoms with Gasteiger partial charge in [0.25, 0.3) is 11.8 Å². The number of nitrogens with one attached hydrogen (secondary N) is 2. The molecule has 0 aliphatic carbocycles. The number of halogens is 2. The lowest BCUT2D eigenvalue weighted by molar-refractivity contribution is -0.113. The Kier molecular flexibility index (Phi) is 9.45. The van der Waals surface area contributed by atoms with Gasteiger partial charge >= 0.3 is 0 Å². The lowest BCUT2D eigenvalue weighted by Gasteiger charge is -2.13. The van der Waals surface area contributed by atoms with Crippen molar-refractivity contribution in [2.45, 2.75) is 0 Å². The predicted molar refractivity (Wildman–Crippen MR) is 163 cm³/mol. The number of carbonyl (C=O) groups excluding carboxylic acids is 3. The third-order valence-corrected chi connectivity index (χ3v) is 6.41. The summed E-state index contributed by atoms with van der Waals surface area (Å²) in [6.45, 7) is 0. The monoisotopic (exact) mass is 567 g/mol. The van der Waals surface area contributed by atoms with Crippen molar-refractivity contribution in [1.29, 1.82) is 0 Å². The van der Waals surface area contributed by atoms with Crippen LogP contribution in [0.1, 0.15) is 31.8 Å². The molecule has 0 aliphatic rings. The molecule has 206 valence electrons. The van der Waals surface area contributed by atoms with Crippen LogP contribution in [-0.2, 0) is 4.79 Å². The standard InChI is InChI=1S/C33H27ClFN3O3/c1-38(2)26-17-11-22(12-18-26)21-30(37-32(40)24-7-4-3-5-8-24)33(41)36-25-15-13-23(14-16-25)31(39)20-19-27-28(34)9-6-10-29(27)35/h3-21H,1-2H3,(H,36,41)(H,37,40)/b20-19+,30-21-. The second-order valence-corrected chi connectivity index (χ2v) is 9.64. The van der Waals surface area contributed by atoms with E-state index in [1.807, 2.05) is 43.3 Å². The molecule has 41 heavy (non-hydrogen) atoms. The molecular formula is C33H27ClFN3O3. The highest BCUT2D eigenvalue weighted by Crippen LogP contribution is 2.21. The minimum Gasteiger partial charge on any atom is -0.378 e. The van der Waals surface area contributed by atoms with Gasteiger partial charge in [-0.05, 0) is 84.5 Å². The van der Waals surface area contributed by atoms with Crippen LogP contribution in [0.25, 0.3) is 12.2 Å². The molecule has 0 spiro atoms. The maximum atomic E-state index is 14.0. The molecule has 0 atom stereocenters. The number of hydrogen-bond donors (Lipinski definition) is 2. The molecule has 0 saturated carbocycles. The fourth-order valence-electron chi connectivity index (χ4n) is 3.82. The first kappa shape index (κ1) is 29.0. The normalized spacial score (nSPS) is 11.3. The summed E-state index contributed by atoms with van der Waals surface area (Å²) in [4.78, 5) is 40.7. The average molecular weight is 568 g/mol. The van der Waals surface area contributed by atoms with Crippen LogP contribution in [0.2, 0.25) is 5.02 Å². The van der Waals surface area contributed by atoms with Crippen molar-refractivity contribution in [3.05, 3.63) is 142 Å². The van der Waals surface area contributed by atoms with Crippen LogP contribution >= 0.6 is 11.6 Å². The van der Waals surface area contributed by atoms with Crippen molar-refractivity contribution in [1.82, 2.24) is 5.32 Å². The molecule has 0 saturated heterocycles. The van der Waals surface area contributed by atoms with E-state index in [0.717, 1.165) is 11.3 Å². The number of benzene rings is 4. The van der Waals surface area contributed by atoms with E-state index in [2.05, 4.69) is 10.6 Å². The lowest BCUT2D eigenvalue weighted by atomic mass is 10.1. The van der Waals surface area contributed by atoms with Crippen LogP contribution in [0, 0.1) is 5.82 Å². The highest BCUT2D eigenvalue weighted by Gasteiger charge is 2.15. The van der Waals surface area contributed by atoms with Crippen LogP contribution in [-0.4, -0.2) is 31.7 Å². The van der Waals surface area contributed by atoms with Gasteiger partial charge in [-0.25, -0.2) is 4.39 Å². The Labute approximate surface area is 242 Å². The van der Waals surface area contributed by atoms with Gasteiger partial charge in [-0.2, -0.15) is 0 Å². The van der Waals surface area contributed by atoms with Gasteiger partial charge in [0.1, 0.15) is 11.5 Å². The molecule has 4 rings (SSSR count). The van der Waals surface area contributed by atoms with E-state index in [1.165, 1.54) is 42.5 Å². The summed E-state index contributed by atoms with van der Waals surface area (Å²) < 4.78 is 14.0. The van der Waals surface area contributed by atoms with Gasteiger partial charge in [-0.15, -0.1) is 0 Å². The third kappa shape index (κ3) is 7.77. The van der Waals surface area contributed by atoms with Gasteiger partial charge in [0, 0.05) is 42.2 Å². The topological polar surface area (TPSA) is 78.5 Å². The van der Waals surface area contributed by atoms with Gasteiger partial charge in [0.05, 0.1) is 5.02 Å². The molecule has 0 bridgehead atoms. The van der Waals surface area contributed by atoms with E-state index in [4.69, 9.17) is 11.6 Å². The van der Waals surface area contributed by atoms with Crippen molar-refractivity contribution in [2.24, 2.45) is 0 Å². The lowest BCUT2D eigenvalue weighted by Crippen LogP contribution is -2.30. The summed E-state index contributed by atoms with van der Waals surface area (Å²) in [5.41, 5.74) is 3.03. The van der Waals surface area contributed by atoms with Crippen molar-refractivity contribution in [2.75, 3.05) is 24.3 Å². The molecule has 0 heterocycles. The van der Waals surface area contributed by atoms with Crippen molar-refractivity contribution in [3.63, 3.8) is 0 Å².